The molecule has 2 unspecified atom stereocenters. The molecule has 1 aliphatic carbocycles. The summed E-state index contributed by atoms with van der Waals surface area (Å²) in [5.74, 6) is 0.817. The fraction of sp³-hybridized carbons (Fsp3) is 0.583. The molecule has 1 amide bonds. The van der Waals surface area contributed by atoms with Gasteiger partial charge in [-0.2, -0.15) is 0 Å². The molecule has 0 aromatic carbocycles. The van der Waals surface area contributed by atoms with Crippen LogP contribution in [0.2, 0.25) is 0 Å². The Morgan fingerprint density at radius 3 is 3.06 bits per heavy atom. The number of nitrogens with one attached hydrogen (secondary N) is 1. The third-order valence-corrected chi connectivity index (χ3v) is 4.69. The van der Waals surface area contributed by atoms with Gasteiger partial charge in [0.15, 0.2) is 0 Å². The van der Waals surface area contributed by atoms with Crippen LogP contribution in [-0.4, -0.2) is 17.3 Å². The average molecular weight is 302 g/mol. The Balaban J connectivity index is 1.68. The zero-order chi connectivity index (χ0) is 11.4. The highest BCUT2D eigenvalue weighted by Crippen LogP contribution is 2.29. The van der Waals surface area contributed by atoms with Gasteiger partial charge in [-0.3, -0.25) is 4.79 Å². The zero-order valence-corrected chi connectivity index (χ0v) is 11.5. The van der Waals surface area contributed by atoms with Crippen molar-refractivity contribution >= 4 is 33.2 Å². The lowest BCUT2D eigenvalue weighted by Gasteiger charge is -2.10. The van der Waals surface area contributed by atoms with Gasteiger partial charge in [0.1, 0.15) is 0 Å². The van der Waals surface area contributed by atoms with Gasteiger partial charge in [-0.15, -0.1) is 11.3 Å². The van der Waals surface area contributed by atoms with Crippen molar-refractivity contribution in [2.75, 3.05) is 6.54 Å². The second kappa shape index (κ2) is 5.82. The van der Waals surface area contributed by atoms with Crippen molar-refractivity contribution in [3.8, 4) is 0 Å². The van der Waals surface area contributed by atoms with Crippen molar-refractivity contribution in [2.24, 2.45) is 5.92 Å². The number of thiophene rings is 1. The van der Waals surface area contributed by atoms with E-state index in [0.29, 0.717) is 17.2 Å². The molecule has 1 aromatic rings. The molecule has 0 spiro atoms. The normalized spacial score (nSPS) is 24.6. The second-order valence-electron chi connectivity index (χ2n) is 4.34. The Kier molecular flexibility index (Phi) is 4.41. The summed E-state index contributed by atoms with van der Waals surface area (Å²) in [6, 6.07) is 3.99. The fourth-order valence-corrected chi connectivity index (χ4v) is 3.59. The first kappa shape index (κ1) is 12.1. The van der Waals surface area contributed by atoms with Crippen molar-refractivity contribution in [3.63, 3.8) is 0 Å². The lowest BCUT2D eigenvalue weighted by atomic mass is 10.1. The molecule has 1 N–H and O–H groups in total. The van der Waals surface area contributed by atoms with Crippen LogP contribution in [0, 0.1) is 5.92 Å². The largest absolute Gasteiger partial charge is 0.356 e. The van der Waals surface area contributed by atoms with Crippen LogP contribution in [0.3, 0.4) is 0 Å². The lowest BCUT2D eigenvalue weighted by molar-refractivity contribution is -0.120. The minimum Gasteiger partial charge on any atom is -0.356 e. The Hall–Kier alpha value is -0.350. The molecule has 1 fully saturated rings. The van der Waals surface area contributed by atoms with Crippen molar-refractivity contribution in [3.05, 3.63) is 22.4 Å². The highest BCUT2D eigenvalue weighted by atomic mass is 79.9. The van der Waals surface area contributed by atoms with Gasteiger partial charge < -0.3 is 5.32 Å². The molecule has 4 heteroatoms. The van der Waals surface area contributed by atoms with Crippen molar-refractivity contribution < 1.29 is 4.79 Å². The average Bonchev–Trinajstić information content (AvgIpc) is 2.87. The number of hydrogen-bond donors (Lipinski definition) is 1. The van der Waals surface area contributed by atoms with E-state index in [-0.39, 0.29) is 5.91 Å². The van der Waals surface area contributed by atoms with Gasteiger partial charge in [-0.05, 0) is 36.6 Å². The minimum absolute atomic E-state index is 0.153. The summed E-state index contributed by atoms with van der Waals surface area (Å²) in [6.45, 7) is 0.840. The molecular weight excluding hydrogens is 286 g/mol. The molecule has 2 rings (SSSR count). The highest BCUT2D eigenvalue weighted by Gasteiger charge is 2.22. The van der Waals surface area contributed by atoms with Crippen molar-refractivity contribution in [1.82, 2.24) is 5.32 Å². The van der Waals surface area contributed by atoms with Gasteiger partial charge in [0.05, 0.1) is 6.42 Å². The van der Waals surface area contributed by atoms with Crippen LogP contribution in [0.4, 0.5) is 0 Å². The quantitative estimate of drug-likeness (QED) is 0.851. The third-order valence-electron chi connectivity index (χ3n) is 2.98. The molecule has 1 saturated carbocycles. The van der Waals surface area contributed by atoms with Crippen LogP contribution >= 0.6 is 27.3 Å². The van der Waals surface area contributed by atoms with Gasteiger partial charge in [-0.1, -0.05) is 22.0 Å². The molecule has 2 atom stereocenters. The molecule has 88 valence electrons. The maximum atomic E-state index is 11.6. The summed E-state index contributed by atoms with van der Waals surface area (Å²) in [5.41, 5.74) is 0. The standard InChI is InChI=1S/C12H16BrNOS/c13-10-4-3-9(6-10)8-14-12(15)7-11-2-1-5-16-11/h1-2,5,9-10H,3-4,6-8H2,(H,14,15). The van der Waals surface area contributed by atoms with E-state index in [1.54, 1.807) is 11.3 Å². The van der Waals surface area contributed by atoms with Crippen LogP contribution in [0.1, 0.15) is 24.1 Å². The molecule has 2 nitrogen and oxygen atoms in total. The molecule has 0 bridgehead atoms. The Bertz CT molecular complexity index is 339. The monoisotopic (exact) mass is 301 g/mol. The Morgan fingerprint density at radius 1 is 1.56 bits per heavy atom. The summed E-state index contributed by atoms with van der Waals surface area (Å²) in [6.07, 6.45) is 4.20. The molecule has 0 aliphatic heterocycles. The number of carbonyl (C=O) groups is 1. The number of alkyl halides is 1. The van der Waals surface area contributed by atoms with E-state index in [1.807, 2.05) is 17.5 Å². The lowest BCUT2D eigenvalue weighted by Crippen LogP contribution is -2.29. The summed E-state index contributed by atoms with van der Waals surface area (Å²) in [7, 11) is 0. The van der Waals surface area contributed by atoms with Crippen molar-refractivity contribution in [1.29, 1.82) is 0 Å². The van der Waals surface area contributed by atoms with Gasteiger partial charge in [0.25, 0.3) is 0 Å². The SMILES string of the molecule is O=C(Cc1cccs1)NCC1CCC(Br)C1. The highest BCUT2D eigenvalue weighted by molar-refractivity contribution is 9.09. The predicted molar refractivity (Wildman–Crippen MR) is 71.1 cm³/mol. The first-order chi connectivity index (χ1) is 7.74. The van der Waals surface area contributed by atoms with E-state index in [1.165, 1.54) is 19.3 Å². The second-order valence-corrected chi connectivity index (χ2v) is 6.66. The first-order valence-electron chi connectivity index (χ1n) is 5.67. The molecule has 1 aromatic heterocycles. The number of rotatable bonds is 4. The number of carbonyl (C=O) groups excluding carboxylic acids is 1. The van der Waals surface area contributed by atoms with Crippen LogP contribution in [0.5, 0.6) is 0 Å². The maximum Gasteiger partial charge on any atom is 0.225 e. The smallest absolute Gasteiger partial charge is 0.225 e. The van der Waals surface area contributed by atoms with Crippen LogP contribution in [0.15, 0.2) is 17.5 Å². The molecule has 1 aliphatic rings. The van der Waals surface area contributed by atoms with E-state index in [4.69, 9.17) is 0 Å². The summed E-state index contributed by atoms with van der Waals surface area (Å²) < 4.78 is 0. The first-order valence-corrected chi connectivity index (χ1v) is 7.46. The third kappa shape index (κ3) is 3.59. The van der Waals surface area contributed by atoms with Crippen molar-refractivity contribution in [2.45, 2.75) is 30.5 Å². The predicted octanol–water partition coefficient (Wildman–Crippen LogP) is 2.97. The van der Waals surface area contributed by atoms with Gasteiger partial charge >= 0.3 is 0 Å². The minimum atomic E-state index is 0.153. The molecule has 0 radical (unpaired) electrons. The van der Waals surface area contributed by atoms with Gasteiger partial charge in [0.2, 0.25) is 5.91 Å². The fourth-order valence-electron chi connectivity index (χ4n) is 2.09. The Morgan fingerprint density at radius 2 is 2.44 bits per heavy atom. The summed E-state index contributed by atoms with van der Waals surface area (Å²) in [5, 5.41) is 5.04. The Labute approximate surface area is 109 Å². The van der Waals surface area contributed by atoms with Crippen LogP contribution < -0.4 is 5.32 Å². The van der Waals surface area contributed by atoms with Gasteiger partial charge in [0, 0.05) is 16.2 Å². The van der Waals surface area contributed by atoms with E-state index in [9.17, 15) is 4.79 Å². The van der Waals surface area contributed by atoms with E-state index >= 15 is 0 Å². The molecule has 0 saturated heterocycles. The van der Waals surface area contributed by atoms with Gasteiger partial charge in [-0.25, -0.2) is 0 Å². The summed E-state index contributed by atoms with van der Waals surface area (Å²) in [4.78, 5) is 13.4. The van der Waals surface area contributed by atoms with Crippen LogP contribution in [-0.2, 0) is 11.2 Å². The number of hydrogen-bond acceptors (Lipinski definition) is 2. The van der Waals surface area contributed by atoms with E-state index in [0.717, 1.165) is 11.4 Å². The summed E-state index contributed by atoms with van der Waals surface area (Å²) >= 11 is 5.26. The molecular formula is C12H16BrNOS. The van der Waals surface area contributed by atoms with E-state index < -0.39 is 0 Å². The molecule has 1 heterocycles. The van der Waals surface area contributed by atoms with E-state index in [2.05, 4.69) is 21.2 Å². The van der Waals surface area contributed by atoms with Crippen LogP contribution in [0.25, 0.3) is 0 Å². The zero-order valence-electron chi connectivity index (χ0n) is 9.12. The topological polar surface area (TPSA) is 29.1 Å². The number of amides is 1. The number of halogens is 1. The maximum absolute atomic E-state index is 11.6. The molecule has 16 heavy (non-hydrogen) atoms.